The Morgan fingerprint density at radius 3 is 2.18 bits per heavy atom. The molecule has 9 nitrogen and oxygen atoms in total. The maximum absolute atomic E-state index is 14.6. The largest absolute Gasteiger partial charge is 0.491 e. The highest BCUT2D eigenvalue weighted by Crippen LogP contribution is 2.63. The van der Waals surface area contributed by atoms with Gasteiger partial charge in [-0.2, -0.15) is 0 Å². The van der Waals surface area contributed by atoms with Crippen LogP contribution in [0.5, 0.6) is 5.75 Å². The summed E-state index contributed by atoms with van der Waals surface area (Å²) in [5, 5.41) is 9.24. The molecule has 2 aliphatic carbocycles. The number of anilines is 1. The van der Waals surface area contributed by atoms with E-state index in [0.717, 1.165) is 43.6 Å². The molecule has 4 amide bonds. The number of rotatable bonds is 8. The second kappa shape index (κ2) is 12.9. The Kier molecular flexibility index (Phi) is 8.43. The van der Waals surface area contributed by atoms with Gasteiger partial charge >= 0.3 is 0 Å². The van der Waals surface area contributed by atoms with Crippen LogP contribution in [0.2, 0.25) is 0 Å². The molecule has 9 heteroatoms. The SMILES string of the molecule is C[C@@]12C(=O)N(c3ccccc3)C(=O)[C@@H]1C[C@@H]1C(=CC[C@@H]3C(=O)N(C4CCN(Cc5ccccc5)CC4)C(=O)[C@@H]31)[C@@H]2c1ccc(OCCO)cc1. The molecule has 3 aromatic carbocycles. The number of nitrogens with zero attached hydrogens (tertiary/aromatic N) is 3. The first kappa shape index (κ1) is 32.6. The fourth-order valence-corrected chi connectivity index (χ4v) is 9.70. The van der Waals surface area contributed by atoms with Crippen LogP contribution in [-0.4, -0.2) is 70.9 Å². The van der Waals surface area contributed by atoms with Crippen LogP contribution in [0.4, 0.5) is 5.69 Å². The summed E-state index contributed by atoms with van der Waals surface area (Å²) in [5.74, 6) is -2.61. The molecule has 1 N–H and O–H groups in total. The Balaban J connectivity index is 1.11. The fraction of sp³-hybridized carbons (Fsp3) is 0.415. The highest BCUT2D eigenvalue weighted by Gasteiger charge is 2.67. The van der Waals surface area contributed by atoms with E-state index in [1.807, 2.05) is 67.6 Å². The van der Waals surface area contributed by atoms with Crippen molar-refractivity contribution < 1.29 is 29.0 Å². The van der Waals surface area contributed by atoms with Crippen molar-refractivity contribution in [3.8, 4) is 5.75 Å². The van der Waals surface area contributed by atoms with Gasteiger partial charge in [-0.15, -0.1) is 0 Å². The van der Waals surface area contributed by atoms with Crippen molar-refractivity contribution in [3.63, 3.8) is 0 Å². The molecule has 3 heterocycles. The lowest BCUT2D eigenvalue weighted by molar-refractivity contribution is -0.144. The van der Waals surface area contributed by atoms with Crippen LogP contribution in [0.25, 0.3) is 0 Å². The summed E-state index contributed by atoms with van der Waals surface area (Å²) in [6, 6.07) is 26.8. The molecule has 50 heavy (non-hydrogen) atoms. The molecule has 0 spiro atoms. The number of fused-ring (bicyclic) bond motifs is 4. The van der Waals surface area contributed by atoms with Gasteiger partial charge in [-0.05, 0) is 73.9 Å². The number of hydrogen-bond donors (Lipinski definition) is 1. The Hall–Kier alpha value is -4.60. The Morgan fingerprint density at radius 1 is 0.820 bits per heavy atom. The van der Waals surface area contributed by atoms with Gasteiger partial charge in [0.15, 0.2) is 0 Å². The van der Waals surface area contributed by atoms with Crippen LogP contribution in [0, 0.1) is 29.1 Å². The molecule has 4 fully saturated rings. The van der Waals surface area contributed by atoms with Gasteiger partial charge < -0.3 is 9.84 Å². The van der Waals surface area contributed by atoms with E-state index < -0.39 is 29.1 Å². The van der Waals surface area contributed by atoms with Crippen LogP contribution in [0.15, 0.2) is 96.6 Å². The lowest BCUT2D eigenvalue weighted by Gasteiger charge is -2.49. The molecule has 0 aromatic heterocycles. The molecule has 3 saturated heterocycles. The molecule has 1 saturated carbocycles. The number of aliphatic hydroxyl groups is 1. The average molecular weight is 674 g/mol. The minimum absolute atomic E-state index is 0.0909. The quantitative estimate of drug-likeness (QED) is 0.266. The van der Waals surface area contributed by atoms with Gasteiger partial charge in [0, 0.05) is 31.6 Å². The van der Waals surface area contributed by atoms with Crippen molar-refractivity contribution in [2.24, 2.45) is 29.1 Å². The zero-order valence-corrected chi connectivity index (χ0v) is 28.3. The third kappa shape index (κ3) is 5.21. The van der Waals surface area contributed by atoms with E-state index >= 15 is 0 Å². The van der Waals surface area contributed by atoms with Gasteiger partial charge in [-0.3, -0.25) is 29.0 Å². The lowest BCUT2D eigenvalue weighted by atomic mass is 9.51. The molecule has 258 valence electrons. The molecule has 3 aromatic rings. The van der Waals surface area contributed by atoms with Crippen molar-refractivity contribution in [3.05, 3.63) is 108 Å². The Morgan fingerprint density at radius 2 is 1.50 bits per heavy atom. The van der Waals surface area contributed by atoms with Gasteiger partial charge in [-0.25, -0.2) is 4.90 Å². The third-order valence-corrected chi connectivity index (χ3v) is 12.1. The van der Waals surface area contributed by atoms with Gasteiger partial charge in [-0.1, -0.05) is 72.3 Å². The number of para-hydroxylation sites is 1. The number of allylic oxidation sites excluding steroid dienone is 2. The highest BCUT2D eigenvalue weighted by atomic mass is 16.5. The number of carbonyl (C=O) groups excluding carboxylic acids is 4. The predicted octanol–water partition coefficient (Wildman–Crippen LogP) is 4.95. The number of carbonyl (C=O) groups is 4. The van der Waals surface area contributed by atoms with Crippen molar-refractivity contribution >= 4 is 29.3 Å². The summed E-state index contributed by atoms with van der Waals surface area (Å²) in [4.78, 5) is 62.9. The minimum Gasteiger partial charge on any atom is -0.491 e. The average Bonchev–Trinajstić information content (AvgIpc) is 3.51. The first-order valence-electron chi connectivity index (χ1n) is 17.9. The summed E-state index contributed by atoms with van der Waals surface area (Å²) in [6.45, 7) is 4.43. The van der Waals surface area contributed by atoms with Crippen molar-refractivity contribution in [2.75, 3.05) is 31.2 Å². The van der Waals surface area contributed by atoms with Crippen LogP contribution in [0.1, 0.15) is 49.7 Å². The summed E-state index contributed by atoms with van der Waals surface area (Å²) in [5.41, 5.74) is 2.54. The summed E-state index contributed by atoms with van der Waals surface area (Å²) >= 11 is 0. The number of imide groups is 2. The van der Waals surface area contributed by atoms with E-state index in [0.29, 0.717) is 24.3 Å². The normalized spacial score (nSPS) is 29.9. The number of benzene rings is 3. The van der Waals surface area contributed by atoms with Crippen LogP contribution < -0.4 is 9.64 Å². The molecular formula is C41H43N3O6. The zero-order valence-electron chi connectivity index (χ0n) is 28.3. The number of piperidine rings is 1. The second-order valence-corrected chi connectivity index (χ2v) is 14.7. The van der Waals surface area contributed by atoms with E-state index in [-0.39, 0.29) is 48.8 Å². The number of ether oxygens (including phenoxy) is 1. The van der Waals surface area contributed by atoms with E-state index in [9.17, 15) is 24.3 Å². The predicted molar refractivity (Wildman–Crippen MR) is 187 cm³/mol. The van der Waals surface area contributed by atoms with Gasteiger partial charge in [0.1, 0.15) is 12.4 Å². The lowest BCUT2D eigenvalue weighted by Crippen LogP contribution is -2.49. The monoisotopic (exact) mass is 673 g/mol. The Labute approximate surface area is 292 Å². The number of hydrogen-bond acceptors (Lipinski definition) is 7. The molecule has 6 atom stereocenters. The van der Waals surface area contributed by atoms with E-state index in [2.05, 4.69) is 23.1 Å². The Bertz CT molecular complexity index is 1820. The summed E-state index contributed by atoms with van der Waals surface area (Å²) < 4.78 is 5.63. The first-order chi connectivity index (χ1) is 24.3. The molecular weight excluding hydrogens is 630 g/mol. The van der Waals surface area contributed by atoms with Gasteiger partial charge in [0.25, 0.3) is 0 Å². The molecule has 0 bridgehead atoms. The third-order valence-electron chi connectivity index (χ3n) is 12.1. The second-order valence-electron chi connectivity index (χ2n) is 14.7. The summed E-state index contributed by atoms with van der Waals surface area (Å²) in [7, 11) is 0. The number of amides is 4. The standard InChI is InChI=1S/C41H43N3O6/c1-41-34(38(47)44(40(41)49)28-10-6-3-7-11-28)24-33-31(36(41)27-12-14-30(15-13-27)50-23-22-45)16-17-32-35(33)39(48)43(37(32)46)29-18-20-42(21-19-29)25-26-8-4-2-5-9-26/h2-16,29,32-36,45H,17-25H2,1H3/t32-,33+,34-,35-,36-,41+/m0/s1. The van der Waals surface area contributed by atoms with E-state index in [1.165, 1.54) is 10.5 Å². The van der Waals surface area contributed by atoms with Gasteiger partial charge in [0.2, 0.25) is 23.6 Å². The topological polar surface area (TPSA) is 107 Å². The van der Waals surface area contributed by atoms with Crippen LogP contribution in [-0.2, 0) is 25.7 Å². The van der Waals surface area contributed by atoms with E-state index in [4.69, 9.17) is 4.74 Å². The van der Waals surface area contributed by atoms with Crippen LogP contribution >= 0.6 is 0 Å². The summed E-state index contributed by atoms with van der Waals surface area (Å²) in [6.07, 6.45) is 4.36. The maximum Gasteiger partial charge on any atom is 0.241 e. The zero-order chi connectivity index (χ0) is 34.6. The van der Waals surface area contributed by atoms with E-state index in [1.54, 1.807) is 17.0 Å². The molecule has 3 aliphatic heterocycles. The molecule has 5 aliphatic rings. The number of likely N-dealkylation sites (tertiary alicyclic amines) is 2. The molecule has 0 unspecified atom stereocenters. The van der Waals surface area contributed by atoms with Crippen molar-refractivity contribution in [1.29, 1.82) is 0 Å². The number of aliphatic hydroxyl groups excluding tert-OH is 1. The smallest absolute Gasteiger partial charge is 0.241 e. The van der Waals surface area contributed by atoms with Crippen LogP contribution in [0.3, 0.4) is 0 Å². The van der Waals surface area contributed by atoms with Gasteiger partial charge in [0.05, 0.1) is 35.5 Å². The minimum atomic E-state index is -1.09. The molecule has 0 radical (unpaired) electrons. The first-order valence-corrected chi connectivity index (χ1v) is 17.9. The maximum atomic E-state index is 14.6. The molecule has 8 rings (SSSR count). The highest BCUT2D eigenvalue weighted by molar-refractivity contribution is 6.24. The van der Waals surface area contributed by atoms with Crippen molar-refractivity contribution in [1.82, 2.24) is 9.80 Å². The van der Waals surface area contributed by atoms with Crippen molar-refractivity contribution in [2.45, 2.75) is 51.1 Å². The fourth-order valence-electron chi connectivity index (χ4n) is 9.70.